The zero-order valence-electron chi connectivity index (χ0n) is 19.7. The summed E-state index contributed by atoms with van der Waals surface area (Å²) in [5, 5.41) is 5.65. The molecule has 3 heterocycles. The molecule has 1 saturated heterocycles. The van der Waals surface area contributed by atoms with Crippen LogP contribution in [0.1, 0.15) is 59.9 Å². The smallest absolute Gasteiger partial charge is 0.410 e. The molecule has 180 valence electrons. The van der Waals surface area contributed by atoms with Crippen molar-refractivity contribution in [1.82, 2.24) is 14.8 Å². The third kappa shape index (κ3) is 4.48. The van der Waals surface area contributed by atoms with Crippen LogP contribution >= 0.6 is 0 Å². The van der Waals surface area contributed by atoms with Crippen molar-refractivity contribution in [2.75, 3.05) is 24.1 Å². The molecule has 0 bridgehead atoms. The summed E-state index contributed by atoms with van der Waals surface area (Å²) in [5.41, 5.74) is 7.29. The highest BCUT2D eigenvalue weighted by molar-refractivity contribution is 6.23. The van der Waals surface area contributed by atoms with Gasteiger partial charge in [-0.15, -0.1) is 0 Å². The quantitative estimate of drug-likeness (QED) is 0.590. The number of likely N-dealkylation sites (tertiary alicyclic amines) is 1. The monoisotopic (exact) mass is 467 g/mol. The van der Waals surface area contributed by atoms with E-state index in [9.17, 15) is 19.2 Å². The highest BCUT2D eigenvalue weighted by Gasteiger charge is 2.32. The summed E-state index contributed by atoms with van der Waals surface area (Å²) < 4.78 is 6.71. The summed E-state index contributed by atoms with van der Waals surface area (Å²) in [6.07, 6.45) is 1.06. The van der Waals surface area contributed by atoms with E-state index in [1.54, 1.807) is 11.0 Å². The molecule has 3 amide bonds. The molecule has 4 N–H and O–H groups in total. The predicted octanol–water partition coefficient (Wildman–Crippen LogP) is 2.42. The van der Waals surface area contributed by atoms with E-state index in [-0.39, 0.29) is 29.1 Å². The van der Waals surface area contributed by atoms with Crippen LogP contribution in [0.15, 0.2) is 29.1 Å². The molecule has 0 atom stereocenters. The molecule has 2 aliphatic rings. The standard InChI is InChI=1S/C24H29N5O5/c1-13-5-6-17(29-18(30)12-15-19(20(29)25)22(32)27-21(15)31)16(11-13)26-14-7-9-28(10-8-14)23(33)34-24(2,3)4/h5-6,11-12,14,26H,7-10,25H2,1-4H3,(H,27,31,32). The number of hydrogen-bond donors (Lipinski definition) is 3. The zero-order chi connectivity index (χ0) is 24.8. The van der Waals surface area contributed by atoms with E-state index in [4.69, 9.17) is 10.5 Å². The Labute approximate surface area is 197 Å². The van der Waals surface area contributed by atoms with E-state index >= 15 is 0 Å². The fraction of sp³-hybridized carbons (Fsp3) is 0.417. The van der Waals surface area contributed by atoms with Crippen LogP contribution in [0, 0.1) is 6.92 Å². The van der Waals surface area contributed by atoms with Gasteiger partial charge in [0.25, 0.3) is 17.4 Å². The van der Waals surface area contributed by atoms with Crippen LogP contribution in [0.3, 0.4) is 0 Å². The summed E-state index contributed by atoms with van der Waals surface area (Å²) in [4.78, 5) is 51.2. The van der Waals surface area contributed by atoms with Crippen molar-refractivity contribution in [3.63, 3.8) is 0 Å². The van der Waals surface area contributed by atoms with Crippen LogP contribution in [-0.4, -0.2) is 52.1 Å². The van der Waals surface area contributed by atoms with E-state index in [1.807, 2.05) is 39.8 Å². The highest BCUT2D eigenvalue weighted by atomic mass is 16.6. The topological polar surface area (TPSA) is 136 Å². The lowest BCUT2D eigenvalue weighted by Crippen LogP contribution is -2.44. The Morgan fingerprint density at radius 1 is 1.12 bits per heavy atom. The number of fused-ring (bicyclic) bond motifs is 1. The molecule has 1 fully saturated rings. The van der Waals surface area contributed by atoms with Crippen LogP contribution in [0.5, 0.6) is 0 Å². The van der Waals surface area contributed by atoms with Gasteiger partial charge in [-0.05, 0) is 58.2 Å². The molecule has 1 aromatic carbocycles. The summed E-state index contributed by atoms with van der Waals surface area (Å²) in [5.74, 6) is -1.34. The lowest BCUT2D eigenvalue weighted by molar-refractivity contribution is 0.0210. The number of hydrogen-bond acceptors (Lipinski definition) is 7. The number of carbonyl (C=O) groups is 3. The Bertz CT molecular complexity index is 1240. The van der Waals surface area contributed by atoms with Gasteiger partial charge >= 0.3 is 6.09 Å². The number of nitrogens with zero attached hydrogens (tertiary/aromatic N) is 2. The van der Waals surface area contributed by atoms with Crippen molar-refractivity contribution in [3.8, 4) is 5.69 Å². The number of pyridine rings is 1. The minimum atomic E-state index is -0.630. The van der Waals surface area contributed by atoms with Crippen molar-refractivity contribution in [1.29, 1.82) is 0 Å². The van der Waals surface area contributed by atoms with E-state index in [0.717, 1.165) is 11.6 Å². The van der Waals surface area contributed by atoms with Crippen molar-refractivity contribution in [3.05, 3.63) is 51.3 Å². The number of carbonyl (C=O) groups excluding carboxylic acids is 3. The molecule has 0 aliphatic carbocycles. The number of imide groups is 1. The molecular weight excluding hydrogens is 438 g/mol. The van der Waals surface area contributed by atoms with Crippen LogP contribution in [-0.2, 0) is 4.74 Å². The largest absolute Gasteiger partial charge is 0.444 e. The highest BCUT2D eigenvalue weighted by Crippen LogP contribution is 2.29. The molecule has 4 rings (SSSR count). The number of aryl methyl sites for hydroxylation is 1. The Hall–Kier alpha value is -3.82. The molecule has 1 aromatic heterocycles. The fourth-order valence-corrected chi connectivity index (χ4v) is 4.24. The van der Waals surface area contributed by atoms with Crippen molar-refractivity contribution < 1.29 is 19.1 Å². The van der Waals surface area contributed by atoms with E-state index in [2.05, 4.69) is 10.6 Å². The normalized spacial score (nSPS) is 16.3. The number of amides is 3. The van der Waals surface area contributed by atoms with Gasteiger partial charge < -0.3 is 20.7 Å². The second kappa shape index (κ2) is 8.51. The van der Waals surface area contributed by atoms with Gasteiger partial charge in [0.1, 0.15) is 11.4 Å². The first-order chi connectivity index (χ1) is 15.9. The number of anilines is 2. The maximum Gasteiger partial charge on any atom is 0.410 e. The number of ether oxygens (including phenoxy) is 1. The lowest BCUT2D eigenvalue weighted by atomic mass is 10.0. The summed E-state index contributed by atoms with van der Waals surface area (Å²) in [7, 11) is 0. The van der Waals surface area contributed by atoms with Gasteiger partial charge in [-0.25, -0.2) is 4.79 Å². The van der Waals surface area contributed by atoms with Gasteiger partial charge in [-0.3, -0.25) is 24.3 Å². The number of rotatable bonds is 3. The van der Waals surface area contributed by atoms with Gasteiger partial charge in [-0.1, -0.05) is 6.07 Å². The summed E-state index contributed by atoms with van der Waals surface area (Å²) in [6, 6.07) is 6.69. The number of nitrogens with two attached hydrogens (primary N) is 1. The zero-order valence-corrected chi connectivity index (χ0v) is 19.7. The van der Waals surface area contributed by atoms with Gasteiger partial charge in [0.2, 0.25) is 0 Å². The van der Waals surface area contributed by atoms with Crippen molar-refractivity contribution in [2.45, 2.75) is 52.2 Å². The lowest BCUT2D eigenvalue weighted by Gasteiger charge is -2.34. The number of piperidine rings is 1. The Morgan fingerprint density at radius 3 is 2.44 bits per heavy atom. The van der Waals surface area contributed by atoms with Gasteiger partial charge in [0, 0.05) is 25.2 Å². The molecule has 10 heteroatoms. The number of aromatic nitrogens is 1. The molecule has 0 spiro atoms. The Balaban J connectivity index is 1.59. The average molecular weight is 468 g/mol. The second-order valence-corrected chi connectivity index (χ2v) is 9.68. The van der Waals surface area contributed by atoms with E-state index in [1.165, 1.54) is 4.57 Å². The van der Waals surface area contributed by atoms with Gasteiger partial charge in [0.05, 0.1) is 22.5 Å². The molecule has 2 aromatic rings. The van der Waals surface area contributed by atoms with Gasteiger partial charge in [0.15, 0.2) is 0 Å². The molecule has 0 unspecified atom stereocenters. The molecule has 0 radical (unpaired) electrons. The minimum absolute atomic E-state index is 0.00166. The van der Waals surface area contributed by atoms with Crippen LogP contribution in [0.2, 0.25) is 0 Å². The Kier molecular flexibility index (Phi) is 5.84. The van der Waals surface area contributed by atoms with Gasteiger partial charge in [-0.2, -0.15) is 0 Å². The number of benzene rings is 1. The number of nitrogens with one attached hydrogen (secondary N) is 2. The first kappa shape index (κ1) is 23.3. The summed E-state index contributed by atoms with van der Waals surface area (Å²) in [6.45, 7) is 8.52. The third-order valence-electron chi connectivity index (χ3n) is 5.85. The van der Waals surface area contributed by atoms with E-state index < -0.39 is 23.0 Å². The first-order valence-corrected chi connectivity index (χ1v) is 11.2. The predicted molar refractivity (Wildman–Crippen MR) is 127 cm³/mol. The fourth-order valence-electron chi connectivity index (χ4n) is 4.24. The van der Waals surface area contributed by atoms with Crippen molar-refractivity contribution in [2.24, 2.45) is 0 Å². The second-order valence-electron chi connectivity index (χ2n) is 9.68. The van der Waals surface area contributed by atoms with Crippen LogP contribution in [0.4, 0.5) is 16.3 Å². The molecular formula is C24H29N5O5. The maximum atomic E-state index is 12.9. The molecule has 2 aliphatic heterocycles. The Morgan fingerprint density at radius 2 is 1.79 bits per heavy atom. The molecule has 0 saturated carbocycles. The van der Waals surface area contributed by atoms with Crippen LogP contribution in [0.25, 0.3) is 5.69 Å². The van der Waals surface area contributed by atoms with Crippen molar-refractivity contribution >= 4 is 29.4 Å². The van der Waals surface area contributed by atoms with E-state index in [0.29, 0.717) is 37.3 Å². The number of nitrogen functional groups attached to an aromatic ring is 1. The SMILES string of the molecule is Cc1ccc(-n2c(N)c3c(cc2=O)C(=O)NC3=O)c(NC2CCN(C(=O)OC(C)(C)C)CC2)c1. The average Bonchev–Trinajstić information content (AvgIpc) is 3.02. The first-order valence-electron chi connectivity index (χ1n) is 11.2. The minimum Gasteiger partial charge on any atom is -0.444 e. The van der Waals surface area contributed by atoms with Crippen LogP contribution < -0.4 is 21.9 Å². The molecule has 10 nitrogen and oxygen atoms in total. The third-order valence-corrected chi connectivity index (χ3v) is 5.85. The molecule has 34 heavy (non-hydrogen) atoms. The maximum absolute atomic E-state index is 12.9. The summed E-state index contributed by atoms with van der Waals surface area (Å²) >= 11 is 0.